The molecule has 2 rings (SSSR count). The van der Waals surface area contributed by atoms with Gasteiger partial charge < -0.3 is 16.4 Å². The molecule has 1 aromatic rings. The fraction of sp³-hybridized carbons (Fsp3) is 0.682. The number of rotatable bonds is 12. The molecule has 4 N–H and O–H groups in total. The number of nitrogens with two attached hydrogens (primary N) is 1. The van der Waals surface area contributed by atoms with Crippen molar-refractivity contribution in [2.24, 2.45) is 16.6 Å². The lowest BCUT2D eigenvalue weighted by atomic mass is 9.90. The van der Waals surface area contributed by atoms with Crippen LogP contribution in [0.2, 0.25) is 0 Å². The first-order valence-corrected chi connectivity index (χ1v) is 11.3. The number of amides is 2. The first-order chi connectivity index (χ1) is 14.7. The lowest BCUT2D eigenvalue weighted by Crippen LogP contribution is -2.41. The fourth-order valence-corrected chi connectivity index (χ4v) is 3.56. The van der Waals surface area contributed by atoms with Gasteiger partial charge in [0, 0.05) is 31.2 Å². The van der Waals surface area contributed by atoms with Gasteiger partial charge in [-0.05, 0) is 50.7 Å². The highest BCUT2D eigenvalue weighted by molar-refractivity contribution is 5.92. The first-order valence-electron chi connectivity index (χ1n) is 11.3. The summed E-state index contributed by atoms with van der Waals surface area (Å²) >= 11 is 0. The molecule has 0 aromatic carbocycles. The summed E-state index contributed by atoms with van der Waals surface area (Å²) in [7, 11) is 0. The van der Waals surface area contributed by atoms with Crippen molar-refractivity contribution in [2.75, 3.05) is 31.6 Å². The van der Waals surface area contributed by atoms with Gasteiger partial charge in [-0.15, -0.1) is 0 Å². The van der Waals surface area contributed by atoms with Gasteiger partial charge in [0.2, 0.25) is 0 Å². The summed E-state index contributed by atoms with van der Waals surface area (Å²) in [5.41, 5.74) is 6.77. The van der Waals surface area contributed by atoms with Gasteiger partial charge in [-0.25, -0.2) is 9.86 Å². The summed E-state index contributed by atoms with van der Waals surface area (Å²) in [5, 5.41) is 7.41. The Morgan fingerprint density at radius 1 is 1.20 bits per heavy atom. The summed E-state index contributed by atoms with van der Waals surface area (Å²) in [6, 6.07) is 3.56. The van der Waals surface area contributed by atoms with E-state index < -0.39 is 0 Å². The molecule has 30 heavy (non-hydrogen) atoms. The number of carbonyl (C=O) groups excluding carboxylic acids is 1. The first kappa shape index (κ1) is 23.9. The van der Waals surface area contributed by atoms with Crippen LogP contribution in [0.1, 0.15) is 64.7 Å². The maximum atomic E-state index is 12.3. The number of aromatic nitrogens is 1. The van der Waals surface area contributed by atoms with Gasteiger partial charge in [0.15, 0.2) is 5.96 Å². The third-order valence-electron chi connectivity index (χ3n) is 5.25. The number of unbranched alkanes of at least 4 members (excludes halogenated alkanes) is 3. The van der Waals surface area contributed by atoms with E-state index in [1.54, 1.807) is 12.4 Å². The van der Waals surface area contributed by atoms with Crippen LogP contribution in [0.25, 0.3) is 0 Å². The molecule has 2 amide bonds. The smallest absolute Gasteiger partial charge is 0.341 e. The summed E-state index contributed by atoms with van der Waals surface area (Å²) < 4.78 is 0. The predicted molar refractivity (Wildman–Crippen MR) is 121 cm³/mol. The molecule has 0 aliphatic heterocycles. The Bertz CT molecular complexity index is 619. The molecule has 1 fully saturated rings. The quantitative estimate of drug-likeness (QED) is 0.207. The second kappa shape index (κ2) is 14.6. The van der Waals surface area contributed by atoms with Crippen LogP contribution in [-0.4, -0.2) is 48.3 Å². The van der Waals surface area contributed by atoms with Crippen molar-refractivity contribution in [2.45, 2.75) is 64.7 Å². The molecule has 0 atom stereocenters. The maximum Gasteiger partial charge on any atom is 0.341 e. The summed E-state index contributed by atoms with van der Waals surface area (Å²) in [6.45, 7) is 4.48. The van der Waals surface area contributed by atoms with E-state index in [1.165, 1.54) is 37.2 Å². The van der Waals surface area contributed by atoms with E-state index in [4.69, 9.17) is 10.6 Å². The van der Waals surface area contributed by atoms with Crippen LogP contribution >= 0.6 is 0 Å². The van der Waals surface area contributed by atoms with Crippen molar-refractivity contribution in [1.29, 1.82) is 0 Å². The van der Waals surface area contributed by atoms with Gasteiger partial charge in [-0.2, -0.15) is 0 Å². The molecule has 0 unspecified atom stereocenters. The zero-order valence-corrected chi connectivity index (χ0v) is 18.3. The summed E-state index contributed by atoms with van der Waals surface area (Å²) in [6.07, 6.45) is 13.7. The Hall–Kier alpha value is -2.35. The van der Waals surface area contributed by atoms with Gasteiger partial charge in [0.25, 0.3) is 0 Å². The van der Waals surface area contributed by atoms with E-state index in [2.05, 4.69) is 20.6 Å². The Balaban J connectivity index is 1.60. The Morgan fingerprint density at radius 2 is 1.93 bits per heavy atom. The number of hydroxylamine groups is 2. The van der Waals surface area contributed by atoms with Crippen LogP contribution < -0.4 is 16.4 Å². The number of pyridine rings is 1. The molecule has 1 aliphatic rings. The number of hydrogen-bond acceptors (Lipinski definition) is 4. The average molecular weight is 419 g/mol. The average Bonchev–Trinajstić information content (AvgIpc) is 2.76. The Kier molecular flexibility index (Phi) is 11.6. The van der Waals surface area contributed by atoms with Crippen LogP contribution in [0.3, 0.4) is 0 Å². The molecule has 1 aromatic heterocycles. The highest BCUT2D eigenvalue weighted by atomic mass is 16.7. The SMILES string of the molecule is CCNC(=O)N(CCCCCCN=C(N)Nc1ccncc1)OCC1CCCCC1. The zero-order valence-electron chi connectivity index (χ0n) is 18.3. The molecule has 0 bridgehead atoms. The van der Waals surface area contributed by atoms with Crippen LogP contribution in [-0.2, 0) is 4.84 Å². The van der Waals surface area contributed by atoms with Crippen molar-refractivity contribution in [1.82, 2.24) is 15.4 Å². The van der Waals surface area contributed by atoms with E-state index in [1.807, 2.05) is 19.1 Å². The van der Waals surface area contributed by atoms with Gasteiger partial charge in [-0.1, -0.05) is 32.1 Å². The number of guanidine groups is 1. The number of aliphatic imine (C=N–C) groups is 1. The van der Waals surface area contributed by atoms with Crippen molar-refractivity contribution in [3.05, 3.63) is 24.5 Å². The van der Waals surface area contributed by atoms with E-state index in [-0.39, 0.29) is 6.03 Å². The number of nitrogens with one attached hydrogen (secondary N) is 2. The van der Waals surface area contributed by atoms with E-state index in [0.717, 1.165) is 31.4 Å². The highest BCUT2D eigenvalue weighted by Crippen LogP contribution is 2.24. The minimum Gasteiger partial charge on any atom is -0.370 e. The van der Waals surface area contributed by atoms with Crippen molar-refractivity contribution in [3.8, 4) is 0 Å². The highest BCUT2D eigenvalue weighted by Gasteiger charge is 2.18. The normalized spacial score (nSPS) is 15.0. The number of hydrogen-bond donors (Lipinski definition) is 3. The van der Waals surface area contributed by atoms with Crippen LogP contribution in [0.5, 0.6) is 0 Å². The standard InChI is InChI=1S/C22H38N6O2/c1-2-25-22(29)28(30-18-19-10-6-5-7-11-19)17-9-4-3-8-14-26-21(23)27-20-12-15-24-16-13-20/h12-13,15-16,19H,2-11,14,17-18H2,1H3,(H,25,29)(H3,23,24,26,27). The zero-order chi connectivity index (χ0) is 21.4. The second-order valence-corrected chi connectivity index (χ2v) is 7.78. The topological polar surface area (TPSA) is 105 Å². The summed E-state index contributed by atoms with van der Waals surface area (Å²) in [5.74, 6) is 1.000. The molecular formula is C22H38N6O2. The Labute approximate surface area is 180 Å². The number of anilines is 1. The molecule has 168 valence electrons. The molecular weight excluding hydrogens is 380 g/mol. The number of nitrogens with zero attached hydrogens (tertiary/aromatic N) is 3. The lowest BCUT2D eigenvalue weighted by molar-refractivity contribution is -0.132. The maximum absolute atomic E-state index is 12.3. The fourth-order valence-electron chi connectivity index (χ4n) is 3.56. The molecule has 1 aliphatic carbocycles. The van der Waals surface area contributed by atoms with Gasteiger partial charge in [0.05, 0.1) is 13.2 Å². The van der Waals surface area contributed by atoms with Gasteiger partial charge in [-0.3, -0.25) is 14.8 Å². The van der Waals surface area contributed by atoms with Crippen molar-refractivity contribution >= 4 is 17.7 Å². The minimum absolute atomic E-state index is 0.132. The largest absolute Gasteiger partial charge is 0.370 e. The molecule has 1 heterocycles. The molecule has 1 saturated carbocycles. The van der Waals surface area contributed by atoms with Gasteiger partial charge >= 0.3 is 6.03 Å². The van der Waals surface area contributed by atoms with Crippen LogP contribution in [0.4, 0.5) is 10.5 Å². The molecule has 0 saturated heterocycles. The lowest BCUT2D eigenvalue weighted by Gasteiger charge is -2.26. The molecule has 8 nitrogen and oxygen atoms in total. The van der Waals surface area contributed by atoms with E-state index in [9.17, 15) is 4.79 Å². The van der Waals surface area contributed by atoms with Crippen molar-refractivity contribution in [3.63, 3.8) is 0 Å². The molecule has 8 heteroatoms. The van der Waals surface area contributed by atoms with Crippen LogP contribution in [0, 0.1) is 5.92 Å². The number of carbonyl (C=O) groups is 1. The number of urea groups is 1. The predicted octanol–water partition coefficient (Wildman–Crippen LogP) is 3.91. The molecule has 0 radical (unpaired) electrons. The van der Waals surface area contributed by atoms with Gasteiger partial charge in [0.1, 0.15) is 0 Å². The monoisotopic (exact) mass is 418 g/mol. The van der Waals surface area contributed by atoms with E-state index in [0.29, 0.717) is 38.1 Å². The van der Waals surface area contributed by atoms with Crippen molar-refractivity contribution < 1.29 is 9.63 Å². The Morgan fingerprint density at radius 3 is 2.67 bits per heavy atom. The minimum atomic E-state index is -0.132. The summed E-state index contributed by atoms with van der Waals surface area (Å²) in [4.78, 5) is 26.5. The van der Waals surface area contributed by atoms with E-state index >= 15 is 0 Å². The van der Waals surface area contributed by atoms with Crippen LogP contribution in [0.15, 0.2) is 29.5 Å². The second-order valence-electron chi connectivity index (χ2n) is 7.78. The third kappa shape index (κ3) is 9.91. The third-order valence-corrected chi connectivity index (χ3v) is 5.25. The molecule has 0 spiro atoms.